The molecular weight excluding hydrogens is 204 g/mol. The maximum Gasteiger partial charge on any atom is 0.0774 e. The number of ether oxygens (including phenoxy) is 1. The molecule has 2 fully saturated rings. The molecule has 0 spiro atoms. The molecule has 1 aromatic rings. The highest BCUT2D eigenvalue weighted by atomic mass is 16.5. The summed E-state index contributed by atoms with van der Waals surface area (Å²) >= 11 is 0. The van der Waals surface area contributed by atoms with E-state index in [9.17, 15) is 0 Å². The molecule has 1 saturated carbocycles. The normalized spacial score (nSPS) is 33.9. The number of hydrogen-bond donors (Lipinski definition) is 1. The fourth-order valence-corrected chi connectivity index (χ4v) is 2.87. The van der Waals surface area contributed by atoms with Crippen molar-refractivity contribution in [1.29, 1.82) is 0 Å². The van der Waals surface area contributed by atoms with E-state index in [1.54, 1.807) is 0 Å². The summed E-state index contributed by atoms with van der Waals surface area (Å²) in [5.74, 6) is 0.582. The van der Waals surface area contributed by atoms with Crippen molar-refractivity contribution < 1.29 is 4.74 Å². The second-order valence-electron chi connectivity index (χ2n) is 4.79. The van der Waals surface area contributed by atoms with Gasteiger partial charge in [0.25, 0.3) is 0 Å². The van der Waals surface area contributed by atoms with Gasteiger partial charge < -0.3 is 10.1 Å². The zero-order valence-electron chi connectivity index (χ0n) is 9.59. The minimum Gasteiger partial charge on any atom is -0.375 e. The lowest BCUT2D eigenvalue weighted by atomic mass is 10.0. The van der Waals surface area contributed by atoms with Gasteiger partial charge in [-0.15, -0.1) is 5.10 Å². The molecule has 1 N–H and O–H groups in total. The average molecular weight is 222 g/mol. The standard InChI is InChI=1S/C11H18N4O/c1-8-6-13-14-15(8)7-9-2-3-10-11(9)16-5-4-12-10/h6,9-12H,2-5,7H2,1H3/t9-,10-,11+/m0/s1. The number of rotatable bonds is 2. The van der Waals surface area contributed by atoms with Crippen LogP contribution in [0.4, 0.5) is 0 Å². The molecular formula is C11H18N4O. The van der Waals surface area contributed by atoms with Crippen molar-refractivity contribution in [2.24, 2.45) is 5.92 Å². The number of aromatic nitrogens is 3. The first-order valence-corrected chi connectivity index (χ1v) is 6.04. The molecule has 88 valence electrons. The Labute approximate surface area is 95.2 Å². The van der Waals surface area contributed by atoms with Crippen LogP contribution < -0.4 is 5.32 Å². The van der Waals surface area contributed by atoms with Gasteiger partial charge in [-0.3, -0.25) is 0 Å². The molecule has 5 heteroatoms. The number of fused-ring (bicyclic) bond motifs is 1. The van der Waals surface area contributed by atoms with Crippen molar-refractivity contribution >= 4 is 0 Å². The summed E-state index contributed by atoms with van der Waals surface area (Å²) in [6.45, 7) is 4.82. The molecule has 0 radical (unpaired) electrons. The molecule has 2 heterocycles. The van der Waals surface area contributed by atoms with E-state index >= 15 is 0 Å². The molecule has 16 heavy (non-hydrogen) atoms. The molecule has 1 saturated heterocycles. The lowest BCUT2D eigenvalue weighted by Crippen LogP contribution is -2.47. The topological polar surface area (TPSA) is 52.0 Å². The largest absolute Gasteiger partial charge is 0.375 e. The second kappa shape index (κ2) is 4.14. The molecule has 0 amide bonds. The Morgan fingerprint density at radius 1 is 1.56 bits per heavy atom. The van der Waals surface area contributed by atoms with E-state index in [1.807, 2.05) is 17.8 Å². The average Bonchev–Trinajstić information content (AvgIpc) is 2.88. The quantitative estimate of drug-likeness (QED) is 0.784. The van der Waals surface area contributed by atoms with Crippen LogP contribution >= 0.6 is 0 Å². The Morgan fingerprint density at radius 2 is 2.50 bits per heavy atom. The summed E-state index contributed by atoms with van der Waals surface area (Å²) in [4.78, 5) is 0. The van der Waals surface area contributed by atoms with Gasteiger partial charge in [-0.1, -0.05) is 5.21 Å². The summed E-state index contributed by atoms with van der Waals surface area (Å²) in [5.41, 5.74) is 1.13. The summed E-state index contributed by atoms with van der Waals surface area (Å²) in [5, 5.41) is 11.6. The van der Waals surface area contributed by atoms with Crippen LogP contribution in [0.2, 0.25) is 0 Å². The molecule has 3 atom stereocenters. The zero-order valence-corrected chi connectivity index (χ0v) is 9.59. The van der Waals surface area contributed by atoms with Crippen molar-refractivity contribution in [3.63, 3.8) is 0 Å². The van der Waals surface area contributed by atoms with Crippen molar-refractivity contribution in [3.8, 4) is 0 Å². The third-order valence-electron chi connectivity index (χ3n) is 3.75. The Hall–Kier alpha value is -0.940. The summed E-state index contributed by atoms with van der Waals surface area (Å²) < 4.78 is 7.87. The van der Waals surface area contributed by atoms with Gasteiger partial charge in [0, 0.05) is 25.0 Å². The smallest absolute Gasteiger partial charge is 0.0774 e. The molecule has 1 aliphatic heterocycles. The SMILES string of the molecule is Cc1cnnn1C[C@@H]1CC[C@@H]2NCCO[C@H]12. The summed E-state index contributed by atoms with van der Waals surface area (Å²) in [6.07, 6.45) is 4.63. The Bertz CT molecular complexity index is 365. The Morgan fingerprint density at radius 3 is 3.31 bits per heavy atom. The van der Waals surface area contributed by atoms with Crippen LogP contribution in [0, 0.1) is 12.8 Å². The van der Waals surface area contributed by atoms with Gasteiger partial charge >= 0.3 is 0 Å². The number of morpholine rings is 1. The monoisotopic (exact) mass is 222 g/mol. The predicted octanol–water partition coefficient (Wildman–Crippen LogP) is 0.354. The van der Waals surface area contributed by atoms with Crippen LogP contribution in [0.25, 0.3) is 0 Å². The summed E-state index contributed by atoms with van der Waals surface area (Å²) in [7, 11) is 0. The fourth-order valence-electron chi connectivity index (χ4n) is 2.87. The number of hydrogen-bond acceptors (Lipinski definition) is 4. The van der Waals surface area contributed by atoms with Crippen LogP contribution in [-0.4, -0.2) is 40.3 Å². The van der Waals surface area contributed by atoms with E-state index in [4.69, 9.17) is 4.74 Å². The highest BCUT2D eigenvalue weighted by molar-refractivity contribution is 4.95. The van der Waals surface area contributed by atoms with E-state index in [0.717, 1.165) is 25.4 Å². The highest BCUT2D eigenvalue weighted by Gasteiger charge is 2.38. The lowest BCUT2D eigenvalue weighted by molar-refractivity contribution is -0.0189. The molecule has 0 unspecified atom stereocenters. The minimum atomic E-state index is 0.373. The minimum absolute atomic E-state index is 0.373. The number of aryl methyl sites for hydroxylation is 1. The van der Waals surface area contributed by atoms with E-state index in [-0.39, 0.29) is 0 Å². The highest BCUT2D eigenvalue weighted by Crippen LogP contribution is 2.31. The van der Waals surface area contributed by atoms with E-state index in [1.165, 1.54) is 12.8 Å². The maximum absolute atomic E-state index is 5.88. The van der Waals surface area contributed by atoms with Crippen LogP contribution in [0.3, 0.4) is 0 Å². The second-order valence-corrected chi connectivity index (χ2v) is 4.79. The van der Waals surface area contributed by atoms with Crippen LogP contribution in [0.15, 0.2) is 6.20 Å². The van der Waals surface area contributed by atoms with E-state index in [2.05, 4.69) is 15.6 Å². The Kier molecular flexibility index (Phi) is 2.65. The van der Waals surface area contributed by atoms with Gasteiger partial charge in [0.1, 0.15) is 0 Å². The molecule has 0 bridgehead atoms. The van der Waals surface area contributed by atoms with Gasteiger partial charge in [-0.05, 0) is 19.8 Å². The molecule has 5 nitrogen and oxygen atoms in total. The van der Waals surface area contributed by atoms with Gasteiger partial charge in [0.15, 0.2) is 0 Å². The first kappa shape index (κ1) is 10.2. The maximum atomic E-state index is 5.88. The number of nitrogens with zero attached hydrogens (tertiary/aromatic N) is 3. The molecule has 1 aromatic heterocycles. The number of nitrogens with one attached hydrogen (secondary N) is 1. The third-order valence-corrected chi connectivity index (χ3v) is 3.75. The van der Waals surface area contributed by atoms with E-state index in [0.29, 0.717) is 18.1 Å². The summed E-state index contributed by atoms with van der Waals surface area (Å²) in [6, 6.07) is 0.558. The van der Waals surface area contributed by atoms with Crippen LogP contribution in [0.5, 0.6) is 0 Å². The molecule has 2 aliphatic rings. The predicted molar refractivity (Wildman–Crippen MR) is 59.0 cm³/mol. The van der Waals surface area contributed by atoms with Gasteiger partial charge in [0.05, 0.1) is 24.6 Å². The zero-order chi connectivity index (χ0) is 11.0. The van der Waals surface area contributed by atoms with Crippen molar-refractivity contribution in [2.45, 2.75) is 38.5 Å². The fraction of sp³-hybridized carbons (Fsp3) is 0.818. The van der Waals surface area contributed by atoms with Crippen LogP contribution in [-0.2, 0) is 11.3 Å². The van der Waals surface area contributed by atoms with Gasteiger partial charge in [0.2, 0.25) is 0 Å². The van der Waals surface area contributed by atoms with Crippen LogP contribution in [0.1, 0.15) is 18.5 Å². The first-order valence-electron chi connectivity index (χ1n) is 6.04. The van der Waals surface area contributed by atoms with Gasteiger partial charge in [-0.2, -0.15) is 0 Å². The van der Waals surface area contributed by atoms with E-state index < -0.39 is 0 Å². The van der Waals surface area contributed by atoms with Crippen molar-refractivity contribution in [2.75, 3.05) is 13.2 Å². The first-order chi connectivity index (χ1) is 7.84. The Balaban J connectivity index is 1.69. The van der Waals surface area contributed by atoms with Gasteiger partial charge in [-0.25, -0.2) is 4.68 Å². The van der Waals surface area contributed by atoms with Crippen molar-refractivity contribution in [1.82, 2.24) is 20.3 Å². The lowest BCUT2D eigenvalue weighted by Gasteiger charge is -2.30. The van der Waals surface area contributed by atoms with Crippen molar-refractivity contribution in [3.05, 3.63) is 11.9 Å². The molecule has 0 aromatic carbocycles. The molecule has 1 aliphatic carbocycles. The third kappa shape index (κ3) is 1.74. The molecule has 3 rings (SSSR count).